The van der Waals surface area contributed by atoms with Crippen LogP contribution in [0.2, 0.25) is 0 Å². The molecule has 0 fully saturated rings. The lowest BCUT2D eigenvalue weighted by molar-refractivity contribution is 0.0695. The largest absolute Gasteiger partial charge is 0.477 e. The van der Waals surface area contributed by atoms with Crippen LogP contribution in [0, 0.1) is 5.82 Å². The van der Waals surface area contributed by atoms with E-state index in [4.69, 9.17) is 10.5 Å². The van der Waals surface area contributed by atoms with E-state index in [0.29, 0.717) is 11.4 Å². The van der Waals surface area contributed by atoms with Gasteiger partial charge in [-0.1, -0.05) is 30.3 Å². The summed E-state index contributed by atoms with van der Waals surface area (Å²) in [5.74, 6) is -1.81. The van der Waals surface area contributed by atoms with Crippen molar-refractivity contribution >= 4 is 33.3 Å². The number of anilines is 1. The summed E-state index contributed by atoms with van der Waals surface area (Å²) in [6.07, 6.45) is 1.23. The molecule has 0 radical (unpaired) electrons. The first kappa shape index (κ1) is 15.4. The van der Waals surface area contributed by atoms with Gasteiger partial charge < -0.3 is 20.1 Å². The summed E-state index contributed by atoms with van der Waals surface area (Å²) >= 11 is 0. The molecule has 0 spiro atoms. The smallest absolute Gasteiger partial charge is 0.341 e. The first-order chi connectivity index (χ1) is 13.0. The highest BCUT2D eigenvalue weighted by Crippen LogP contribution is 2.46. The number of aromatic carboxylic acids is 1. The fraction of sp³-hybridized carbons (Fsp3) is 0. The molecule has 1 aromatic heterocycles. The first-order valence-electron chi connectivity index (χ1n) is 8.08. The van der Waals surface area contributed by atoms with Gasteiger partial charge in [0, 0.05) is 11.6 Å². The van der Waals surface area contributed by atoms with Gasteiger partial charge in [-0.2, -0.15) is 0 Å². The number of hydrogen-bond acceptors (Lipinski definition) is 4. The second-order valence-electron chi connectivity index (χ2n) is 6.28. The van der Waals surface area contributed by atoms with Crippen molar-refractivity contribution in [1.29, 1.82) is 0 Å². The fourth-order valence-corrected chi connectivity index (χ4v) is 3.52. The van der Waals surface area contributed by atoms with Crippen molar-refractivity contribution in [2.75, 3.05) is 5.73 Å². The molecular formula is C20H11FN2O4. The molecule has 4 aromatic rings. The van der Waals surface area contributed by atoms with E-state index in [1.165, 1.54) is 10.8 Å². The van der Waals surface area contributed by atoms with E-state index < -0.39 is 22.8 Å². The zero-order chi connectivity index (χ0) is 18.9. The number of aromatic nitrogens is 1. The third kappa shape index (κ3) is 1.93. The molecule has 0 amide bonds. The predicted molar refractivity (Wildman–Crippen MR) is 98.5 cm³/mol. The maximum absolute atomic E-state index is 14.4. The molecule has 6 nitrogen and oxygen atoms in total. The van der Waals surface area contributed by atoms with Crippen molar-refractivity contribution < 1.29 is 19.0 Å². The van der Waals surface area contributed by atoms with Gasteiger partial charge in [0.1, 0.15) is 16.8 Å². The van der Waals surface area contributed by atoms with Crippen molar-refractivity contribution in [2.45, 2.75) is 0 Å². The number of ether oxygens (including phenoxy) is 1. The quantitative estimate of drug-likeness (QED) is 0.444. The van der Waals surface area contributed by atoms with Crippen molar-refractivity contribution in [3.8, 4) is 17.2 Å². The summed E-state index contributed by atoms with van der Waals surface area (Å²) in [6, 6.07) is 12.0. The molecule has 5 rings (SSSR count). The van der Waals surface area contributed by atoms with Crippen LogP contribution in [0.4, 0.5) is 10.1 Å². The second kappa shape index (κ2) is 5.07. The van der Waals surface area contributed by atoms with Crippen LogP contribution in [0.1, 0.15) is 10.4 Å². The summed E-state index contributed by atoms with van der Waals surface area (Å²) in [7, 11) is 0. The predicted octanol–water partition coefficient (Wildman–Crippen LogP) is 3.67. The lowest BCUT2D eigenvalue weighted by Crippen LogP contribution is -2.21. The van der Waals surface area contributed by atoms with Crippen LogP contribution in [0.15, 0.2) is 53.5 Å². The average molecular weight is 362 g/mol. The van der Waals surface area contributed by atoms with E-state index in [1.54, 1.807) is 6.07 Å². The van der Waals surface area contributed by atoms with Crippen LogP contribution >= 0.6 is 0 Å². The van der Waals surface area contributed by atoms with Crippen molar-refractivity contribution in [1.82, 2.24) is 4.57 Å². The minimum atomic E-state index is -1.39. The molecule has 1 aliphatic heterocycles. The molecule has 132 valence electrons. The van der Waals surface area contributed by atoms with Crippen molar-refractivity contribution in [3.63, 3.8) is 0 Å². The Hall–Kier alpha value is -3.87. The van der Waals surface area contributed by atoms with Crippen molar-refractivity contribution in [3.05, 3.63) is 70.3 Å². The number of carboxylic acid groups (broad SMARTS) is 1. The van der Waals surface area contributed by atoms with Crippen LogP contribution in [-0.2, 0) is 0 Å². The standard InChI is InChI=1S/C20H11FN2O4/c21-13-7-11-16-19(15(13)22)27-18-10-4-2-1-3-9(10)5-6-14(18)23(16)8-12(17(11)24)20(25)26/h1-8H,22H2,(H,25,26). The lowest BCUT2D eigenvalue weighted by atomic mass is 10.0. The zero-order valence-corrected chi connectivity index (χ0v) is 13.7. The SMILES string of the molecule is Nc1c(F)cc2c(=O)c(C(=O)O)cn3c2c1Oc1c-3ccc2ccccc12. The van der Waals surface area contributed by atoms with E-state index in [0.717, 1.165) is 16.8 Å². The topological polar surface area (TPSA) is 94.5 Å². The second-order valence-corrected chi connectivity index (χ2v) is 6.28. The molecule has 0 bridgehead atoms. The maximum atomic E-state index is 14.4. The molecule has 0 atom stereocenters. The van der Waals surface area contributed by atoms with Crippen molar-refractivity contribution in [2.24, 2.45) is 0 Å². The van der Waals surface area contributed by atoms with E-state index >= 15 is 0 Å². The molecule has 2 heterocycles. The number of pyridine rings is 1. The number of nitrogens with zero attached hydrogens (tertiary/aromatic N) is 1. The Labute approximate surface area is 150 Å². The number of hydrogen-bond donors (Lipinski definition) is 2. The van der Waals surface area contributed by atoms with E-state index in [-0.39, 0.29) is 22.3 Å². The summed E-state index contributed by atoms with van der Waals surface area (Å²) in [5.41, 5.74) is 5.17. The number of fused-ring (bicyclic) bond motifs is 4. The summed E-state index contributed by atoms with van der Waals surface area (Å²) in [6.45, 7) is 0. The highest BCUT2D eigenvalue weighted by molar-refractivity contribution is 6.01. The van der Waals surface area contributed by atoms with Gasteiger partial charge in [0.25, 0.3) is 0 Å². The molecule has 0 saturated carbocycles. The molecule has 27 heavy (non-hydrogen) atoms. The van der Waals surface area contributed by atoms with Gasteiger partial charge in [-0.3, -0.25) is 4.79 Å². The molecule has 0 saturated heterocycles. The fourth-order valence-electron chi connectivity index (χ4n) is 3.52. The number of halogens is 1. The van der Waals surface area contributed by atoms with Crippen LogP contribution in [-0.4, -0.2) is 15.6 Å². The third-order valence-electron chi connectivity index (χ3n) is 4.78. The Kier molecular flexibility index (Phi) is 2.89. The minimum Gasteiger partial charge on any atom is -0.477 e. The van der Waals surface area contributed by atoms with Crippen LogP contribution in [0.5, 0.6) is 11.5 Å². The number of carbonyl (C=O) groups is 1. The molecular weight excluding hydrogens is 351 g/mol. The zero-order valence-electron chi connectivity index (χ0n) is 13.7. The van der Waals surface area contributed by atoms with E-state index in [1.807, 2.05) is 30.3 Å². The molecule has 3 N–H and O–H groups in total. The van der Waals surface area contributed by atoms with Gasteiger partial charge in [0.2, 0.25) is 5.43 Å². The monoisotopic (exact) mass is 362 g/mol. The summed E-state index contributed by atoms with van der Waals surface area (Å²) < 4.78 is 21.8. The van der Waals surface area contributed by atoms with Gasteiger partial charge in [0.15, 0.2) is 17.3 Å². The molecule has 0 unspecified atom stereocenters. The number of carboxylic acids is 1. The Balaban J connectivity index is 2.03. The minimum absolute atomic E-state index is 0.00268. The molecule has 7 heteroatoms. The van der Waals surface area contributed by atoms with Gasteiger partial charge in [0.05, 0.1) is 11.1 Å². The molecule has 0 aliphatic carbocycles. The van der Waals surface area contributed by atoms with E-state index in [2.05, 4.69) is 0 Å². The van der Waals surface area contributed by atoms with Crippen LogP contribution in [0.3, 0.4) is 0 Å². The Bertz CT molecular complexity index is 1370. The Morgan fingerprint density at radius 1 is 1.11 bits per heavy atom. The van der Waals surface area contributed by atoms with Crippen LogP contribution < -0.4 is 15.9 Å². The number of nitrogens with two attached hydrogens (primary N) is 1. The third-order valence-corrected chi connectivity index (χ3v) is 4.78. The van der Waals surface area contributed by atoms with E-state index in [9.17, 15) is 19.1 Å². The summed E-state index contributed by atoms with van der Waals surface area (Å²) in [4.78, 5) is 24.1. The first-order valence-corrected chi connectivity index (χ1v) is 8.08. The van der Waals surface area contributed by atoms with Crippen LogP contribution in [0.25, 0.3) is 27.4 Å². The van der Waals surface area contributed by atoms with Gasteiger partial charge in [-0.25, -0.2) is 9.18 Å². The lowest BCUT2D eigenvalue weighted by Gasteiger charge is -2.25. The van der Waals surface area contributed by atoms with Gasteiger partial charge >= 0.3 is 5.97 Å². The average Bonchev–Trinajstić information content (AvgIpc) is 2.67. The summed E-state index contributed by atoms with van der Waals surface area (Å²) in [5, 5.41) is 11.0. The number of rotatable bonds is 1. The number of benzene rings is 3. The van der Waals surface area contributed by atoms with Gasteiger partial charge in [-0.15, -0.1) is 0 Å². The number of nitrogen functional groups attached to an aromatic ring is 1. The molecule has 1 aliphatic rings. The normalized spacial score (nSPS) is 12.0. The Morgan fingerprint density at radius 3 is 2.67 bits per heavy atom. The Morgan fingerprint density at radius 2 is 1.89 bits per heavy atom. The highest BCUT2D eigenvalue weighted by atomic mass is 19.1. The van der Waals surface area contributed by atoms with Gasteiger partial charge in [-0.05, 0) is 17.5 Å². The highest BCUT2D eigenvalue weighted by Gasteiger charge is 2.28. The maximum Gasteiger partial charge on any atom is 0.341 e. The molecule has 3 aromatic carbocycles.